The van der Waals surface area contributed by atoms with Crippen LogP contribution in [-0.2, 0) is 0 Å². The van der Waals surface area contributed by atoms with Gasteiger partial charge in [-0.2, -0.15) is 0 Å². The number of thioether (sulfide) groups is 1. The average molecular weight is 361 g/mol. The monoisotopic (exact) mass is 361 g/mol. The van der Waals surface area contributed by atoms with Crippen LogP contribution in [0.25, 0.3) is 0 Å². The molecule has 6 heteroatoms. The first-order chi connectivity index (χ1) is 12.1. The molecule has 1 aliphatic heterocycles. The summed E-state index contributed by atoms with van der Waals surface area (Å²) in [6, 6.07) is 9.61. The van der Waals surface area contributed by atoms with Gasteiger partial charge in [-0.3, -0.25) is 4.79 Å². The lowest BCUT2D eigenvalue weighted by atomic mass is 10.0. The summed E-state index contributed by atoms with van der Waals surface area (Å²) in [4.78, 5) is 13.7. The van der Waals surface area contributed by atoms with Crippen LogP contribution in [0.15, 0.2) is 41.3 Å². The molecule has 0 spiro atoms. The molecule has 2 aromatic rings. The van der Waals surface area contributed by atoms with Crippen LogP contribution in [0.5, 0.6) is 11.5 Å². The Morgan fingerprint density at radius 3 is 2.88 bits per heavy atom. The molecule has 4 nitrogen and oxygen atoms in total. The lowest BCUT2D eigenvalue weighted by molar-refractivity contribution is 0.0934. The predicted octanol–water partition coefficient (Wildman–Crippen LogP) is 4.20. The van der Waals surface area contributed by atoms with E-state index in [9.17, 15) is 9.18 Å². The Kier molecular flexibility index (Phi) is 5.48. The smallest absolute Gasteiger partial charge is 0.251 e. The summed E-state index contributed by atoms with van der Waals surface area (Å²) in [5.41, 5.74) is 1.32. The Hall–Kier alpha value is -2.21. The average Bonchev–Trinajstić information content (AvgIpc) is 2.62. The minimum Gasteiger partial charge on any atom is -0.493 e. The molecule has 25 heavy (non-hydrogen) atoms. The third-order valence-corrected chi connectivity index (χ3v) is 5.16. The second-order valence-corrected chi connectivity index (χ2v) is 6.78. The molecule has 0 saturated heterocycles. The molecule has 0 saturated carbocycles. The van der Waals surface area contributed by atoms with Gasteiger partial charge in [0.15, 0.2) is 11.5 Å². The number of rotatable bonds is 5. The number of benzene rings is 2. The number of ether oxygens (including phenoxy) is 2. The van der Waals surface area contributed by atoms with Crippen LogP contribution in [0.2, 0.25) is 0 Å². The molecule has 1 atom stereocenters. The van der Waals surface area contributed by atoms with Crippen LogP contribution >= 0.6 is 11.8 Å². The number of carbonyl (C=O) groups excluding carboxylic acids is 1. The first kappa shape index (κ1) is 17.6. The Labute approximate surface area is 150 Å². The summed E-state index contributed by atoms with van der Waals surface area (Å²) in [6.07, 6.45) is 0.765. The number of hydrogen-bond donors (Lipinski definition) is 1. The molecule has 132 valence electrons. The lowest BCUT2D eigenvalue weighted by Crippen LogP contribution is -2.30. The fourth-order valence-electron chi connectivity index (χ4n) is 2.84. The normalized spacial score (nSPS) is 16.0. The number of halogens is 1. The Morgan fingerprint density at radius 2 is 2.12 bits per heavy atom. The largest absolute Gasteiger partial charge is 0.493 e. The number of methoxy groups -OCH3 is 1. The van der Waals surface area contributed by atoms with Crippen LogP contribution < -0.4 is 14.8 Å². The third-order valence-electron chi connectivity index (χ3n) is 4.04. The predicted molar refractivity (Wildman–Crippen MR) is 96.1 cm³/mol. The van der Waals surface area contributed by atoms with Crippen LogP contribution in [0.4, 0.5) is 4.39 Å². The van der Waals surface area contributed by atoms with Gasteiger partial charge in [-0.05, 0) is 55.3 Å². The molecule has 3 rings (SSSR count). The number of fused-ring (bicyclic) bond motifs is 1. The number of hydrogen-bond acceptors (Lipinski definition) is 4. The Bertz CT molecular complexity index is 781. The van der Waals surface area contributed by atoms with Crippen molar-refractivity contribution >= 4 is 17.7 Å². The Balaban J connectivity index is 1.82. The van der Waals surface area contributed by atoms with Gasteiger partial charge in [0, 0.05) is 16.2 Å². The first-order valence-electron chi connectivity index (χ1n) is 8.16. The summed E-state index contributed by atoms with van der Waals surface area (Å²) in [7, 11) is 1.56. The lowest BCUT2D eigenvalue weighted by Gasteiger charge is -2.26. The van der Waals surface area contributed by atoms with Crippen molar-refractivity contribution in [1.29, 1.82) is 0 Å². The second kappa shape index (κ2) is 7.78. The van der Waals surface area contributed by atoms with E-state index in [1.165, 1.54) is 12.1 Å². The van der Waals surface area contributed by atoms with E-state index in [2.05, 4.69) is 5.32 Å². The van der Waals surface area contributed by atoms with E-state index in [4.69, 9.17) is 9.47 Å². The Morgan fingerprint density at radius 1 is 1.28 bits per heavy atom. The van der Waals surface area contributed by atoms with Crippen LogP contribution in [-0.4, -0.2) is 25.4 Å². The standard InChI is InChI=1S/C19H20FNO3S/c1-3-24-17-10-12(4-6-16(17)23-2)19(22)21-15-8-9-25-18-7-5-13(20)11-14(15)18/h4-7,10-11,15H,3,8-9H2,1-2H3,(H,21,22). The molecule has 0 aromatic heterocycles. The van der Waals surface area contributed by atoms with E-state index in [1.54, 1.807) is 43.1 Å². The summed E-state index contributed by atoms with van der Waals surface area (Å²) in [6.45, 7) is 2.35. The summed E-state index contributed by atoms with van der Waals surface area (Å²) in [5, 5.41) is 3.01. The molecule has 1 N–H and O–H groups in total. The fourth-order valence-corrected chi connectivity index (χ4v) is 3.95. The molecule has 0 aliphatic carbocycles. The first-order valence-corrected chi connectivity index (χ1v) is 9.15. The second-order valence-electron chi connectivity index (χ2n) is 5.64. The maximum Gasteiger partial charge on any atom is 0.251 e. The minimum atomic E-state index is -0.288. The zero-order chi connectivity index (χ0) is 17.8. The maximum absolute atomic E-state index is 13.6. The van der Waals surface area contributed by atoms with Gasteiger partial charge >= 0.3 is 0 Å². The van der Waals surface area contributed by atoms with E-state index in [0.717, 1.165) is 22.6 Å². The van der Waals surface area contributed by atoms with Gasteiger partial charge in [-0.15, -0.1) is 11.8 Å². The highest BCUT2D eigenvalue weighted by Gasteiger charge is 2.23. The van der Waals surface area contributed by atoms with Crippen molar-refractivity contribution in [2.45, 2.75) is 24.3 Å². The van der Waals surface area contributed by atoms with Gasteiger partial charge in [-0.25, -0.2) is 4.39 Å². The van der Waals surface area contributed by atoms with Crippen molar-refractivity contribution < 1.29 is 18.7 Å². The maximum atomic E-state index is 13.6. The van der Waals surface area contributed by atoms with E-state index >= 15 is 0 Å². The molecule has 1 aliphatic rings. The quantitative estimate of drug-likeness (QED) is 0.867. The molecule has 1 amide bonds. The van der Waals surface area contributed by atoms with Crippen molar-refractivity contribution in [2.24, 2.45) is 0 Å². The number of carbonyl (C=O) groups is 1. The van der Waals surface area contributed by atoms with Crippen molar-refractivity contribution in [1.82, 2.24) is 5.32 Å². The van der Waals surface area contributed by atoms with Crippen molar-refractivity contribution in [3.63, 3.8) is 0 Å². The van der Waals surface area contributed by atoms with Gasteiger partial charge in [-0.1, -0.05) is 0 Å². The molecular weight excluding hydrogens is 341 g/mol. The van der Waals surface area contributed by atoms with Crippen molar-refractivity contribution in [3.05, 3.63) is 53.3 Å². The van der Waals surface area contributed by atoms with E-state index in [1.807, 2.05) is 6.92 Å². The van der Waals surface area contributed by atoms with Gasteiger partial charge in [0.2, 0.25) is 0 Å². The SMILES string of the molecule is CCOc1cc(C(=O)NC2CCSc3ccc(F)cc32)ccc1OC. The topological polar surface area (TPSA) is 47.6 Å². The summed E-state index contributed by atoms with van der Waals surface area (Å²) < 4.78 is 24.4. The zero-order valence-electron chi connectivity index (χ0n) is 14.2. The van der Waals surface area contributed by atoms with E-state index in [-0.39, 0.29) is 17.8 Å². The van der Waals surface area contributed by atoms with E-state index < -0.39 is 0 Å². The summed E-state index contributed by atoms with van der Waals surface area (Å²) in [5.74, 6) is 1.50. The van der Waals surface area contributed by atoms with Gasteiger partial charge in [0.1, 0.15) is 5.82 Å². The molecule has 0 bridgehead atoms. The summed E-state index contributed by atoms with van der Waals surface area (Å²) >= 11 is 1.68. The third kappa shape index (κ3) is 3.90. The van der Waals surface area contributed by atoms with Gasteiger partial charge < -0.3 is 14.8 Å². The molecule has 1 heterocycles. The van der Waals surface area contributed by atoms with Crippen LogP contribution in [0, 0.1) is 5.82 Å². The van der Waals surface area contributed by atoms with Gasteiger partial charge in [0.25, 0.3) is 5.91 Å². The highest BCUT2D eigenvalue weighted by molar-refractivity contribution is 7.99. The number of amides is 1. The zero-order valence-corrected chi connectivity index (χ0v) is 15.0. The van der Waals surface area contributed by atoms with Gasteiger partial charge in [0.05, 0.1) is 19.8 Å². The van der Waals surface area contributed by atoms with Crippen molar-refractivity contribution in [2.75, 3.05) is 19.5 Å². The minimum absolute atomic E-state index is 0.197. The van der Waals surface area contributed by atoms with Crippen molar-refractivity contribution in [3.8, 4) is 11.5 Å². The highest BCUT2D eigenvalue weighted by atomic mass is 32.2. The molecule has 0 fully saturated rings. The molecule has 2 aromatic carbocycles. The fraction of sp³-hybridized carbons (Fsp3) is 0.316. The molecule has 0 radical (unpaired) electrons. The van der Waals surface area contributed by atoms with E-state index in [0.29, 0.717) is 23.7 Å². The molecule has 1 unspecified atom stereocenters. The molecular formula is C19H20FNO3S. The highest BCUT2D eigenvalue weighted by Crippen LogP contribution is 2.37. The number of nitrogens with one attached hydrogen (secondary N) is 1. The van der Waals surface area contributed by atoms with Crippen LogP contribution in [0.1, 0.15) is 35.3 Å². The van der Waals surface area contributed by atoms with Crippen LogP contribution in [0.3, 0.4) is 0 Å².